The second-order valence-corrected chi connectivity index (χ2v) is 9.51. The maximum Gasteiger partial charge on any atom is 0.573 e. The van der Waals surface area contributed by atoms with E-state index in [1.54, 1.807) is 35.9 Å². The van der Waals surface area contributed by atoms with Gasteiger partial charge in [-0.3, -0.25) is 9.59 Å². The zero-order valence-electron chi connectivity index (χ0n) is 22.1. The van der Waals surface area contributed by atoms with Crippen LogP contribution in [-0.4, -0.2) is 66.1 Å². The van der Waals surface area contributed by atoms with Gasteiger partial charge >= 0.3 is 6.36 Å². The molecule has 3 heterocycles. The van der Waals surface area contributed by atoms with E-state index in [4.69, 9.17) is 0 Å². The molecule has 4 rings (SSSR count). The standard InChI is InChI=1S/C25H27F4N9O3/c1-24(9-3-4-19(11-24)41-25(27,28)29)37-13-18(31-15-37)10-22(39)32-21-8-7-17(33-35-21)6-5-16(26)12-38-14-20(34-36-38)23(40)30-2/h3-4,7-8,11,13-16H,5-6,9-10,12H2,1-2H3,(H,30,40)(H,32,35,39)/t16-,24?/m1/s1. The van der Waals surface area contributed by atoms with Gasteiger partial charge in [0.1, 0.15) is 11.9 Å². The van der Waals surface area contributed by atoms with Crippen molar-refractivity contribution < 1.29 is 31.9 Å². The highest BCUT2D eigenvalue weighted by Gasteiger charge is 2.34. The van der Waals surface area contributed by atoms with Crippen LogP contribution in [0.2, 0.25) is 0 Å². The predicted octanol–water partition coefficient (Wildman–Crippen LogP) is 2.87. The average molecular weight is 578 g/mol. The lowest BCUT2D eigenvalue weighted by molar-refractivity contribution is -0.303. The van der Waals surface area contributed by atoms with Gasteiger partial charge in [0.05, 0.1) is 42.4 Å². The minimum absolute atomic E-state index is 0.0734. The third-order valence-corrected chi connectivity index (χ3v) is 6.15. The Kier molecular flexibility index (Phi) is 8.78. The Morgan fingerprint density at radius 3 is 2.68 bits per heavy atom. The molecule has 0 aromatic carbocycles. The zero-order valence-corrected chi connectivity index (χ0v) is 22.1. The van der Waals surface area contributed by atoms with Crippen LogP contribution in [0, 0.1) is 0 Å². The van der Waals surface area contributed by atoms with E-state index in [2.05, 4.69) is 40.9 Å². The van der Waals surface area contributed by atoms with Gasteiger partial charge in [0.2, 0.25) is 5.91 Å². The molecule has 1 aliphatic rings. The van der Waals surface area contributed by atoms with E-state index in [1.807, 2.05) is 0 Å². The number of ether oxygens (including phenoxy) is 1. The lowest BCUT2D eigenvalue weighted by Gasteiger charge is -2.30. The second-order valence-electron chi connectivity index (χ2n) is 9.51. The van der Waals surface area contributed by atoms with Crippen molar-refractivity contribution in [2.45, 2.75) is 57.2 Å². The number of halogens is 4. The normalized spacial score (nSPS) is 17.6. The Balaban J connectivity index is 1.25. The number of allylic oxidation sites excluding steroid dienone is 3. The number of anilines is 1. The summed E-state index contributed by atoms with van der Waals surface area (Å²) in [6, 6.07) is 3.16. The van der Waals surface area contributed by atoms with E-state index in [0.717, 1.165) is 0 Å². The molecule has 0 bridgehead atoms. The molecule has 0 fully saturated rings. The number of aromatic nitrogens is 7. The van der Waals surface area contributed by atoms with Gasteiger partial charge in [-0.1, -0.05) is 11.3 Å². The first-order valence-corrected chi connectivity index (χ1v) is 12.5. The van der Waals surface area contributed by atoms with Gasteiger partial charge in [0, 0.05) is 13.2 Å². The number of nitrogens with zero attached hydrogens (tertiary/aromatic N) is 7. The molecule has 0 aliphatic heterocycles. The molecule has 0 spiro atoms. The van der Waals surface area contributed by atoms with Crippen LogP contribution < -0.4 is 10.6 Å². The lowest BCUT2D eigenvalue weighted by atomic mass is 9.92. The number of nitrogens with one attached hydrogen (secondary N) is 2. The van der Waals surface area contributed by atoms with Crippen molar-refractivity contribution in [2.24, 2.45) is 0 Å². The molecule has 0 saturated heterocycles. The summed E-state index contributed by atoms with van der Waals surface area (Å²) in [7, 11) is 1.46. The highest BCUT2D eigenvalue weighted by atomic mass is 19.4. The van der Waals surface area contributed by atoms with Gasteiger partial charge in [0.25, 0.3) is 5.91 Å². The number of aryl methyl sites for hydroxylation is 1. The maximum absolute atomic E-state index is 14.4. The lowest BCUT2D eigenvalue weighted by Crippen LogP contribution is -2.29. The number of rotatable bonds is 11. The highest BCUT2D eigenvalue weighted by Crippen LogP contribution is 2.32. The second kappa shape index (κ2) is 12.3. The van der Waals surface area contributed by atoms with Crippen molar-refractivity contribution in [3.8, 4) is 0 Å². The Morgan fingerprint density at radius 2 is 1.98 bits per heavy atom. The van der Waals surface area contributed by atoms with E-state index in [1.165, 1.54) is 36.4 Å². The van der Waals surface area contributed by atoms with Crippen molar-refractivity contribution in [3.63, 3.8) is 0 Å². The quantitative estimate of drug-likeness (QED) is 0.332. The maximum atomic E-state index is 14.4. The third kappa shape index (κ3) is 8.18. The molecule has 0 saturated carbocycles. The molecule has 1 unspecified atom stereocenters. The van der Waals surface area contributed by atoms with Crippen LogP contribution in [0.15, 0.2) is 54.8 Å². The number of carbonyl (C=O) groups excluding carboxylic acids is 2. The molecule has 0 radical (unpaired) electrons. The van der Waals surface area contributed by atoms with Gasteiger partial charge in [-0.25, -0.2) is 14.1 Å². The van der Waals surface area contributed by atoms with E-state index in [0.29, 0.717) is 17.8 Å². The average Bonchev–Trinajstić information content (AvgIpc) is 3.57. The summed E-state index contributed by atoms with van der Waals surface area (Å²) in [6.45, 7) is 1.65. The largest absolute Gasteiger partial charge is 0.573 e. The zero-order chi connectivity index (χ0) is 29.6. The van der Waals surface area contributed by atoms with Gasteiger partial charge in [0.15, 0.2) is 11.5 Å². The van der Waals surface area contributed by atoms with Crippen LogP contribution in [0.5, 0.6) is 0 Å². The molecule has 2 N–H and O–H groups in total. The molecule has 2 amide bonds. The van der Waals surface area contributed by atoms with Gasteiger partial charge in [-0.15, -0.1) is 23.4 Å². The molecular formula is C25H27F4N9O3. The van der Waals surface area contributed by atoms with Crippen molar-refractivity contribution in [1.82, 2.24) is 40.1 Å². The van der Waals surface area contributed by atoms with Gasteiger partial charge in [-0.05, 0) is 50.5 Å². The van der Waals surface area contributed by atoms with Crippen LogP contribution in [-0.2, 0) is 34.5 Å². The van der Waals surface area contributed by atoms with Crippen molar-refractivity contribution >= 4 is 17.6 Å². The first kappa shape index (κ1) is 29.4. The Bertz CT molecular complexity index is 1430. The van der Waals surface area contributed by atoms with E-state index < -0.39 is 29.9 Å². The Hall–Kier alpha value is -4.63. The predicted molar refractivity (Wildman–Crippen MR) is 136 cm³/mol. The number of imidazole rings is 1. The summed E-state index contributed by atoms with van der Waals surface area (Å²) in [5.74, 6) is -0.962. The van der Waals surface area contributed by atoms with Crippen LogP contribution >= 0.6 is 0 Å². The summed E-state index contributed by atoms with van der Waals surface area (Å²) < 4.78 is 59.2. The molecule has 218 valence electrons. The molecule has 2 atom stereocenters. The molecule has 3 aromatic rings. The fourth-order valence-electron chi connectivity index (χ4n) is 4.07. The number of alkyl halides is 4. The summed E-state index contributed by atoms with van der Waals surface area (Å²) in [5, 5.41) is 20.4. The third-order valence-electron chi connectivity index (χ3n) is 6.15. The van der Waals surface area contributed by atoms with Crippen LogP contribution in [0.1, 0.15) is 41.6 Å². The van der Waals surface area contributed by atoms with Crippen molar-refractivity contribution in [1.29, 1.82) is 0 Å². The summed E-state index contributed by atoms with van der Waals surface area (Å²) in [6.07, 6.45) is 3.23. The molecule has 1 aliphatic carbocycles. The summed E-state index contributed by atoms with van der Waals surface area (Å²) in [5.41, 5.74) is 0.156. The molecule has 3 aromatic heterocycles. The SMILES string of the molecule is CNC(=O)c1cn(C[C@H](F)CCc2ccc(NC(=O)Cc3cn(C4(C)C=C(OC(F)(F)F)C=CC4)cn3)nn2)nn1. The smallest absolute Gasteiger partial charge is 0.406 e. The first-order chi connectivity index (χ1) is 19.4. The minimum Gasteiger partial charge on any atom is -0.406 e. The molecule has 12 nitrogen and oxygen atoms in total. The number of amides is 2. The first-order valence-electron chi connectivity index (χ1n) is 12.5. The van der Waals surface area contributed by atoms with Crippen LogP contribution in [0.4, 0.5) is 23.4 Å². The van der Waals surface area contributed by atoms with E-state index in [-0.39, 0.29) is 43.1 Å². The molecule has 41 heavy (non-hydrogen) atoms. The van der Waals surface area contributed by atoms with Gasteiger partial charge in [-0.2, -0.15) is 5.10 Å². The topological polar surface area (TPSA) is 142 Å². The highest BCUT2D eigenvalue weighted by molar-refractivity contribution is 5.91. The van der Waals surface area contributed by atoms with Crippen LogP contribution in [0.3, 0.4) is 0 Å². The summed E-state index contributed by atoms with van der Waals surface area (Å²) in [4.78, 5) is 28.2. The molecular weight excluding hydrogens is 550 g/mol. The van der Waals surface area contributed by atoms with Crippen molar-refractivity contribution in [2.75, 3.05) is 12.4 Å². The van der Waals surface area contributed by atoms with Crippen molar-refractivity contribution in [3.05, 3.63) is 71.9 Å². The number of hydrogen-bond acceptors (Lipinski definition) is 8. The van der Waals surface area contributed by atoms with Gasteiger partial charge < -0.3 is 19.9 Å². The number of hydrogen-bond donors (Lipinski definition) is 2. The molecule has 16 heteroatoms. The van der Waals surface area contributed by atoms with E-state index in [9.17, 15) is 27.2 Å². The number of carbonyl (C=O) groups is 2. The fraction of sp³-hybridized carbons (Fsp3) is 0.400. The summed E-state index contributed by atoms with van der Waals surface area (Å²) >= 11 is 0. The monoisotopic (exact) mass is 577 g/mol. The fourth-order valence-corrected chi connectivity index (χ4v) is 4.07. The Labute approximate surface area is 231 Å². The van der Waals surface area contributed by atoms with E-state index >= 15 is 0 Å². The Morgan fingerprint density at radius 1 is 1.17 bits per heavy atom. The minimum atomic E-state index is -4.80. The van der Waals surface area contributed by atoms with Crippen LogP contribution in [0.25, 0.3) is 0 Å².